The maximum Gasteiger partial charge on any atom is 0.140 e. The molecule has 0 spiro atoms. The lowest BCUT2D eigenvalue weighted by Crippen LogP contribution is -2.07. The van der Waals surface area contributed by atoms with Crippen molar-refractivity contribution in [2.45, 2.75) is 39.2 Å². The molecular weight excluding hydrogens is 328 g/mol. The van der Waals surface area contributed by atoms with Gasteiger partial charge in [-0.15, -0.1) is 0 Å². The van der Waals surface area contributed by atoms with Crippen molar-refractivity contribution < 1.29 is 0 Å². The molecule has 4 rings (SSSR count). The molecule has 2 heterocycles. The minimum atomic E-state index is 0.144. The summed E-state index contributed by atoms with van der Waals surface area (Å²) in [6, 6.07) is 25.9. The van der Waals surface area contributed by atoms with Crippen LogP contribution in [0, 0.1) is 6.92 Å². The van der Waals surface area contributed by atoms with Gasteiger partial charge in [0, 0.05) is 18.1 Å². The van der Waals surface area contributed by atoms with E-state index < -0.39 is 0 Å². The molecule has 0 saturated carbocycles. The maximum absolute atomic E-state index is 5.16. The maximum atomic E-state index is 5.16. The average molecular weight is 354 g/mol. The molecule has 0 bridgehead atoms. The Labute approximate surface area is 161 Å². The summed E-state index contributed by atoms with van der Waals surface area (Å²) in [6.45, 7) is 5.46. The van der Waals surface area contributed by atoms with Crippen LogP contribution in [-0.4, -0.2) is 9.55 Å². The van der Waals surface area contributed by atoms with Gasteiger partial charge in [0.25, 0.3) is 0 Å². The van der Waals surface area contributed by atoms with Gasteiger partial charge in [-0.3, -0.25) is 0 Å². The van der Waals surface area contributed by atoms with Gasteiger partial charge < -0.3 is 4.57 Å². The molecule has 2 aromatic heterocycles. The van der Waals surface area contributed by atoms with Crippen LogP contribution in [0.2, 0.25) is 0 Å². The first kappa shape index (κ1) is 17.5. The molecule has 0 atom stereocenters. The van der Waals surface area contributed by atoms with Gasteiger partial charge in [-0.05, 0) is 42.2 Å². The lowest BCUT2D eigenvalue weighted by Gasteiger charge is -2.19. The van der Waals surface area contributed by atoms with Gasteiger partial charge in [0.05, 0.1) is 11.6 Å². The molecule has 0 amide bonds. The van der Waals surface area contributed by atoms with E-state index in [4.69, 9.17) is 4.98 Å². The highest BCUT2D eigenvalue weighted by molar-refractivity contribution is 5.80. The van der Waals surface area contributed by atoms with Crippen LogP contribution in [0.1, 0.15) is 48.1 Å². The van der Waals surface area contributed by atoms with Crippen LogP contribution in [0.25, 0.3) is 11.0 Å². The molecule has 0 unspecified atom stereocenters. The summed E-state index contributed by atoms with van der Waals surface area (Å²) in [5, 5.41) is 1.26. The number of aryl methyl sites for hydroxylation is 2. The monoisotopic (exact) mass is 354 g/mol. The van der Waals surface area contributed by atoms with Crippen molar-refractivity contribution in [3.63, 3.8) is 0 Å². The van der Waals surface area contributed by atoms with E-state index in [1.165, 1.54) is 34.9 Å². The minimum absolute atomic E-state index is 0.144. The van der Waals surface area contributed by atoms with E-state index in [2.05, 4.69) is 97.4 Å². The molecule has 0 fully saturated rings. The molecule has 4 aromatic rings. The summed E-state index contributed by atoms with van der Waals surface area (Å²) in [6.07, 6.45) is 4.55. The first-order valence-electron chi connectivity index (χ1n) is 9.84. The Balaban J connectivity index is 1.88. The third-order valence-electron chi connectivity index (χ3n) is 5.27. The van der Waals surface area contributed by atoms with E-state index in [1.807, 2.05) is 0 Å². The van der Waals surface area contributed by atoms with E-state index in [0.717, 1.165) is 17.9 Å². The quantitative estimate of drug-likeness (QED) is 0.396. The number of unbranched alkanes of at least 4 members (excludes halogenated alkanes) is 1. The van der Waals surface area contributed by atoms with Gasteiger partial charge in [-0.25, -0.2) is 4.98 Å². The first-order chi connectivity index (χ1) is 13.3. The molecule has 0 aliphatic carbocycles. The van der Waals surface area contributed by atoms with Gasteiger partial charge in [-0.1, -0.05) is 74.0 Å². The van der Waals surface area contributed by atoms with Gasteiger partial charge in [0.2, 0.25) is 0 Å². The Hall–Kier alpha value is -2.87. The molecule has 0 N–H and O–H groups in total. The third-order valence-corrected chi connectivity index (χ3v) is 5.27. The summed E-state index contributed by atoms with van der Waals surface area (Å²) < 4.78 is 2.31. The van der Waals surface area contributed by atoms with Crippen molar-refractivity contribution in [3.8, 4) is 0 Å². The molecule has 136 valence electrons. The van der Waals surface area contributed by atoms with Crippen LogP contribution in [0.3, 0.4) is 0 Å². The standard InChI is InChI=1S/C25H26N2/c1-3-4-16-27-17-15-22-19(2)18-23(26-25(22)27)24(20-11-7-5-8-12-20)21-13-9-6-10-14-21/h5-15,17-18,24H,3-4,16H2,1-2H3. The number of hydrogen-bond donors (Lipinski definition) is 0. The number of pyridine rings is 1. The van der Waals surface area contributed by atoms with Crippen molar-refractivity contribution >= 4 is 11.0 Å². The van der Waals surface area contributed by atoms with Crippen molar-refractivity contribution in [2.24, 2.45) is 0 Å². The molecule has 0 aliphatic rings. The molecule has 0 aliphatic heterocycles. The van der Waals surface area contributed by atoms with Crippen LogP contribution < -0.4 is 0 Å². The third kappa shape index (κ3) is 3.52. The van der Waals surface area contributed by atoms with Gasteiger partial charge in [0.1, 0.15) is 5.65 Å². The van der Waals surface area contributed by atoms with E-state index in [0.29, 0.717) is 0 Å². The molecular formula is C25H26N2. The van der Waals surface area contributed by atoms with Crippen LogP contribution in [-0.2, 0) is 6.54 Å². The Morgan fingerprint density at radius 1 is 0.889 bits per heavy atom. The highest BCUT2D eigenvalue weighted by atomic mass is 15.0. The van der Waals surface area contributed by atoms with Gasteiger partial charge >= 0.3 is 0 Å². The van der Waals surface area contributed by atoms with Gasteiger partial charge in [-0.2, -0.15) is 0 Å². The van der Waals surface area contributed by atoms with Crippen molar-refractivity contribution in [2.75, 3.05) is 0 Å². The largest absolute Gasteiger partial charge is 0.333 e. The van der Waals surface area contributed by atoms with E-state index in [9.17, 15) is 0 Å². The van der Waals surface area contributed by atoms with Gasteiger partial charge in [0.15, 0.2) is 0 Å². The van der Waals surface area contributed by atoms with Crippen LogP contribution in [0.15, 0.2) is 79.0 Å². The zero-order valence-corrected chi connectivity index (χ0v) is 16.1. The van der Waals surface area contributed by atoms with Crippen molar-refractivity contribution in [3.05, 3.63) is 101 Å². The lowest BCUT2D eigenvalue weighted by molar-refractivity contribution is 0.645. The zero-order chi connectivity index (χ0) is 18.6. The number of benzene rings is 2. The fourth-order valence-corrected chi connectivity index (χ4v) is 3.83. The number of nitrogens with zero attached hydrogens (tertiary/aromatic N) is 2. The summed E-state index contributed by atoms with van der Waals surface area (Å²) in [5.41, 5.74) is 6.08. The predicted molar refractivity (Wildman–Crippen MR) is 113 cm³/mol. The van der Waals surface area contributed by atoms with E-state index >= 15 is 0 Å². The molecule has 2 aromatic carbocycles. The zero-order valence-electron chi connectivity index (χ0n) is 16.1. The second-order valence-corrected chi connectivity index (χ2v) is 7.22. The Morgan fingerprint density at radius 2 is 1.52 bits per heavy atom. The summed E-state index contributed by atoms with van der Waals surface area (Å²) >= 11 is 0. The second kappa shape index (κ2) is 7.79. The molecule has 2 heteroatoms. The molecule has 27 heavy (non-hydrogen) atoms. The summed E-state index contributed by atoms with van der Waals surface area (Å²) in [4.78, 5) is 5.16. The normalized spacial score (nSPS) is 11.4. The topological polar surface area (TPSA) is 17.8 Å². The Kier molecular flexibility index (Phi) is 5.06. The number of hydrogen-bond acceptors (Lipinski definition) is 1. The van der Waals surface area contributed by atoms with Crippen LogP contribution in [0.4, 0.5) is 0 Å². The number of rotatable bonds is 6. The van der Waals surface area contributed by atoms with Crippen LogP contribution in [0.5, 0.6) is 0 Å². The van der Waals surface area contributed by atoms with Crippen molar-refractivity contribution in [1.29, 1.82) is 0 Å². The predicted octanol–water partition coefficient (Wildman–Crippen LogP) is 6.33. The highest BCUT2D eigenvalue weighted by Crippen LogP contribution is 2.33. The number of aromatic nitrogens is 2. The minimum Gasteiger partial charge on any atom is -0.333 e. The average Bonchev–Trinajstić information content (AvgIpc) is 3.12. The first-order valence-corrected chi connectivity index (χ1v) is 9.84. The van der Waals surface area contributed by atoms with E-state index in [1.54, 1.807) is 0 Å². The lowest BCUT2D eigenvalue weighted by atomic mass is 9.87. The van der Waals surface area contributed by atoms with Crippen LogP contribution >= 0.6 is 0 Å². The Bertz CT molecular complexity index is 977. The summed E-state index contributed by atoms with van der Waals surface area (Å²) in [7, 11) is 0. The Morgan fingerprint density at radius 3 is 2.11 bits per heavy atom. The molecule has 0 radical (unpaired) electrons. The fraction of sp³-hybridized carbons (Fsp3) is 0.240. The molecule has 0 saturated heterocycles. The number of fused-ring (bicyclic) bond motifs is 1. The summed E-state index contributed by atoms with van der Waals surface area (Å²) in [5.74, 6) is 0.144. The van der Waals surface area contributed by atoms with Crippen molar-refractivity contribution in [1.82, 2.24) is 9.55 Å². The highest BCUT2D eigenvalue weighted by Gasteiger charge is 2.20. The fourth-order valence-electron chi connectivity index (χ4n) is 3.83. The van der Waals surface area contributed by atoms with E-state index in [-0.39, 0.29) is 5.92 Å². The SMILES string of the molecule is CCCCn1ccc2c(C)cc(C(c3ccccc3)c3ccccc3)nc21. The smallest absolute Gasteiger partial charge is 0.140 e. The molecule has 2 nitrogen and oxygen atoms in total. The second-order valence-electron chi connectivity index (χ2n) is 7.22.